The zero-order valence-corrected chi connectivity index (χ0v) is 23.9. The highest BCUT2D eigenvalue weighted by atomic mass is 32.2. The van der Waals surface area contributed by atoms with Gasteiger partial charge in [0.15, 0.2) is 11.5 Å². The van der Waals surface area contributed by atoms with Gasteiger partial charge >= 0.3 is 0 Å². The monoisotopic (exact) mass is 553 g/mol. The molecule has 0 aliphatic heterocycles. The average molecular weight is 554 g/mol. The molecule has 0 aromatic heterocycles. The standard InChI is InChI=1S/C29H35N3O6S/c1-19-11-12-20(2)25(17-19)32(39(6,35)36)21(3)28(33)31-24-10-8-7-9-23(24)29(34)30-16-15-22-13-14-26(37-4)27(18-22)38-5/h7-14,17-18,21H,15-16H2,1-6H3,(H,30,34)(H,31,33)/t21-/m1/s1. The Kier molecular flexibility index (Phi) is 9.58. The zero-order chi connectivity index (χ0) is 28.7. The van der Waals surface area contributed by atoms with Crippen molar-refractivity contribution in [2.75, 3.05) is 36.6 Å². The van der Waals surface area contributed by atoms with E-state index in [2.05, 4.69) is 10.6 Å². The van der Waals surface area contributed by atoms with E-state index in [1.807, 2.05) is 31.2 Å². The van der Waals surface area contributed by atoms with Gasteiger partial charge in [-0.15, -0.1) is 0 Å². The van der Waals surface area contributed by atoms with E-state index < -0.39 is 22.0 Å². The number of nitrogens with zero attached hydrogens (tertiary/aromatic N) is 1. The molecule has 2 amide bonds. The molecule has 0 unspecified atom stereocenters. The van der Waals surface area contributed by atoms with E-state index in [9.17, 15) is 18.0 Å². The number of aryl methyl sites for hydroxylation is 2. The molecule has 0 aliphatic carbocycles. The first kappa shape index (κ1) is 29.5. The first-order valence-corrected chi connectivity index (χ1v) is 14.3. The Bertz CT molecular complexity index is 1460. The molecular weight excluding hydrogens is 518 g/mol. The van der Waals surface area contributed by atoms with Crippen LogP contribution in [0.5, 0.6) is 11.5 Å². The van der Waals surface area contributed by atoms with Crippen molar-refractivity contribution < 1.29 is 27.5 Å². The first-order chi connectivity index (χ1) is 18.5. The lowest BCUT2D eigenvalue weighted by molar-refractivity contribution is -0.116. The van der Waals surface area contributed by atoms with Gasteiger partial charge in [-0.3, -0.25) is 13.9 Å². The molecule has 0 saturated carbocycles. The van der Waals surface area contributed by atoms with E-state index in [0.29, 0.717) is 30.2 Å². The largest absolute Gasteiger partial charge is 0.493 e. The number of nitrogens with one attached hydrogen (secondary N) is 2. The van der Waals surface area contributed by atoms with E-state index in [1.165, 1.54) is 6.92 Å². The third-order valence-corrected chi connectivity index (χ3v) is 7.49. The SMILES string of the molecule is COc1ccc(CCNC(=O)c2ccccc2NC(=O)[C@@H](C)N(c2cc(C)ccc2C)S(C)(=O)=O)cc1OC. The summed E-state index contributed by atoms with van der Waals surface area (Å²) in [4.78, 5) is 26.3. The normalized spacial score (nSPS) is 11.8. The predicted molar refractivity (Wildman–Crippen MR) is 153 cm³/mol. The lowest BCUT2D eigenvalue weighted by Gasteiger charge is -2.30. The van der Waals surface area contributed by atoms with Crippen LogP contribution in [0.3, 0.4) is 0 Å². The lowest BCUT2D eigenvalue weighted by atomic mass is 10.1. The summed E-state index contributed by atoms with van der Waals surface area (Å²) >= 11 is 0. The second-order valence-electron chi connectivity index (χ2n) is 9.25. The fourth-order valence-corrected chi connectivity index (χ4v) is 5.44. The highest BCUT2D eigenvalue weighted by Gasteiger charge is 2.31. The minimum absolute atomic E-state index is 0.267. The second-order valence-corrected chi connectivity index (χ2v) is 11.1. The van der Waals surface area contributed by atoms with Crippen molar-refractivity contribution in [1.29, 1.82) is 0 Å². The summed E-state index contributed by atoms with van der Waals surface area (Å²) < 4.78 is 37.2. The van der Waals surface area contributed by atoms with Crippen LogP contribution in [0, 0.1) is 13.8 Å². The Morgan fingerprint density at radius 3 is 2.31 bits per heavy atom. The second kappa shape index (κ2) is 12.7. The quantitative estimate of drug-likeness (QED) is 0.370. The molecule has 3 aromatic carbocycles. The molecule has 208 valence electrons. The predicted octanol–water partition coefficient (Wildman–Crippen LogP) is 4.09. The van der Waals surface area contributed by atoms with Gasteiger partial charge in [-0.1, -0.05) is 30.3 Å². The Morgan fingerprint density at radius 1 is 0.949 bits per heavy atom. The molecule has 0 heterocycles. The molecule has 0 fully saturated rings. The van der Waals surface area contributed by atoms with Crippen LogP contribution in [-0.2, 0) is 21.2 Å². The third-order valence-electron chi connectivity index (χ3n) is 6.27. The van der Waals surface area contributed by atoms with Gasteiger partial charge in [-0.2, -0.15) is 0 Å². The Labute approximate surface area is 230 Å². The molecule has 0 aliphatic rings. The summed E-state index contributed by atoms with van der Waals surface area (Å²) in [6, 6.07) is 16.5. The maximum Gasteiger partial charge on any atom is 0.253 e. The van der Waals surface area contributed by atoms with Gasteiger partial charge in [0.25, 0.3) is 5.91 Å². The number of carbonyl (C=O) groups excluding carboxylic acids is 2. The van der Waals surface area contributed by atoms with Crippen LogP contribution in [0.25, 0.3) is 0 Å². The van der Waals surface area contributed by atoms with Crippen molar-refractivity contribution in [2.24, 2.45) is 0 Å². The van der Waals surface area contributed by atoms with Gasteiger partial charge in [0.05, 0.1) is 37.4 Å². The van der Waals surface area contributed by atoms with Crippen LogP contribution >= 0.6 is 0 Å². The number of benzene rings is 3. The van der Waals surface area contributed by atoms with Crippen LogP contribution < -0.4 is 24.4 Å². The number of methoxy groups -OCH3 is 2. The third kappa shape index (κ3) is 7.29. The van der Waals surface area contributed by atoms with Crippen molar-refractivity contribution in [1.82, 2.24) is 5.32 Å². The van der Waals surface area contributed by atoms with E-state index in [0.717, 1.165) is 27.3 Å². The van der Waals surface area contributed by atoms with Gasteiger partial charge in [-0.05, 0) is 74.2 Å². The molecule has 0 spiro atoms. The molecule has 3 aromatic rings. The van der Waals surface area contributed by atoms with Crippen molar-refractivity contribution >= 4 is 33.2 Å². The van der Waals surface area contributed by atoms with Crippen molar-refractivity contribution in [3.8, 4) is 11.5 Å². The summed E-state index contributed by atoms with van der Waals surface area (Å²) in [5, 5.41) is 5.62. The Hall–Kier alpha value is -4.05. The number of sulfonamides is 1. The number of para-hydroxylation sites is 1. The molecule has 3 rings (SSSR count). The fourth-order valence-electron chi connectivity index (χ4n) is 4.22. The highest BCUT2D eigenvalue weighted by molar-refractivity contribution is 7.92. The maximum atomic E-state index is 13.3. The van der Waals surface area contributed by atoms with Gasteiger partial charge < -0.3 is 20.1 Å². The van der Waals surface area contributed by atoms with Crippen LogP contribution in [0.1, 0.15) is 34.0 Å². The molecular formula is C29H35N3O6S. The van der Waals surface area contributed by atoms with Crippen LogP contribution in [0.4, 0.5) is 11.4 Å². The summed E-state index contributed by atoms with van der Waals surface area (Å²) in [6.07, 6.45) is 1.62. The van der Waals surface area contributed by atoms with Gasteiger partial charge in [0.1, 0.15) is 6.04 Å². The van der Waals surface area contributed by atoms with E-state index in [4.69, 9.17) is 9.47 Å². The van der Waals surface area contributed by atoms with Gasteiger partial charge in [-0.25, -0.2) is 8.42 Å². The maximum absolute atomic E-state index is 13.3. The Balaban J connectivity index is 1.74. The number of hydrogen-bond donors (Lipinski definition) is 2. The molecule has 0 radical (unpaired) electrons. The van der Waals surface area contributed by atoms with Crippen molar-refractivity contribution in [3.63, 3.8) is 0 Å². The number of ether oxygens (including phenoxy) is 2. The van der Waals surface area contributed by atoms with Crippen LogP contribution in [-0.4, -0.2) is 53.3 Å². The minimum atomic E-state index is -3.79. The molecule has 0 saturated heterocycles. The number of rotatable bonds is 11. The molecule has 10 heteroatoms. The molecule has 1 atom stereocenters. The van der Waals surface area contributed by atoms with Gasteiger partial charge in [0, 0.05) is 6.54 Å². The van der Waals surface area contributed by atoms with Gasteiger partial charge in [0.2, 0.25) is 15.9 Å². The summed E-state index contributed by atoms with van der Waals surface area (Å²) in [5.74, 6) is 0.295. The average Bonchev–Trinajstić information content (AvgIpc) is 2.90. The van der Waals surface area contributed by atoms with Crippen LogP contribution in [0.15, 0.2) is 60.7 Å². The molecule has 39 heavy (non-hydrogen) atoms. The van der Waals surface area contributed by atoms with E-state index in [1.54, 1.807) is 57.5 Å². The Morgan fingerprint density at radius 2 is 1.64 bits per heavy atom. The first-order valence-electron chi connectivity index (χ1n) is 12.4. The summed E-state index contributed by atoms with van der Waals surface area (Å²) in [5.41, 5.74) is 3.53. The fraction of sp³-hybridized carbons (Fsp3) is 0.310. The van der Waals surface area contributed by atoms with Crippen LogP contribution in [0.2, 0.25) is 0 Å². The number of anilines is 2. The number of hydrogen-bond acceptors (Lipinski definition) is 6. The van der Waals surface area contributed by atoms with E-state index >= 15 is 0 Å². The molecule has 9 nitrogen and oxygen atoms in total. The number of amides is 2. The van der Waals surface area contributed by atoms with E-state index in [-0.39, 0.29) is 17.2 Å². The molecule has 0 bridgehead atoms. The van der Waals surface area contributed by atoms with Crippen molar-refractivity contribution in [3.05, 3.63) is 82.9 Å². The lowest BCUT2D eigenvalue weighted by Crippen LogP contribution is -2.46. The van der Waals surface area contributed by atoms with Crippen molar-refractivity contribution in [2.45, 2.75) is 33.2 Å². The summed E-state index contributed by atoms with van der Waals surface area (Å²) in [7, 11) is -0.663. The zero-order valence-electron chi connectivity index (χ0n) is 23.1. The topological polar surface area (TPSA) is 114 Å². The highest BCUT2D eigenvalue weighted by Crippen LogP contribution is 2.28. The smallest absolute Gasteiger partial charge is 0.253 e. The minimum Gasteiger partial charge on any atom is -0.493 e. The number of carbonyl (C=O) groups is 2. The molecule has 2 N–H and O–H groups in total. The summed E-state index contributed by atoms with van der Waals surface area (Å²) in [6.45, 7) is 5.51.